The largest absolute Gasteiger partial charge is 0.460 e. The van der Waals surface area contributed by atoms with Gasteiger partial charge in [-0.25, -0.2) is 4.99 Å². The van der Waals surface area contributed by atoms with Gasteiger partial charge in [-0.2, -0.15) is 0 Å². The Morgan fingerprint density at radius 3 is 2.28 bits per heavy atom. The second kappa shape index (κ2) is 13.6. The lowest BCUT2D eigenvalue weighted by molar-refractivity contribution is -0.147. The molecule has 8 heteroatoms. The first-order valence-electron chi connectivity index (χ1n) is 13.4. The number of piperidine rings is 1. The highest BCUT2D eigenvalue weighted by molar-refractivity contribution is 5.94. The number of esters is 1. The smallest absolute Gasteiger partial charge is 0.315 e. The minimum Gasteiger partial charge on any atom is -0.460 e. The van der Waals surface area contributed by atoms with Crippen LogP contribution in [0, 0.1) is 0 Å². The summed E-state index contributed by atoms with van der Waals surface area (Å²) in [4.78, 5) is 34.6. The molecule has 0 aromatic heterocycles. The lowest BCUT2D eigenvalue weighted by Crippen LogP contribution is -2.48. The molecule has 204 valence electrons. The molecule has 4 rings (SSSR count). The topological polar surface area (TPSA) is 114 Å². The summed E-state index contributed by atoms with van der Waals surface area (Å²) in [5.74, 6) is -0.589. The van der Waals surface area contributed by atoms with Gasteiger partial charge in [0.25, 0.3) is 0 Å². The van der Waals surface area contributed by atoms with E-state index in [1.807, 2.05) is 90.7 Å². The number of nitrogens with zero attached hydrogens (tertiary/aromatic N) is 3. The number of hydrogen-bond donors (Lipinski definition) is 2. The maximum atomic E-state index is 13.3. The maximum absolute atomic E-state index is 13.3. The number of guanidine groups is 1. The first-order valence-corrected chi connectivity index (χ1v) is 13.4. The first-order chi connectivity index (χ1) is 18.9. The molecule has 1 heterocycles. The van der Waals surface area contributed by atoms with E-state index in [9.17, 15) is 9.59 Å². The summed E-state index contributed by atoms with van der Waals surface area (Å²) in [5, 5.41) is 0. The highest BCUT2D eigenvalue weighted by Crippen LogP contribution is 2.29. The molecule has 1 fully saturated rings. The normalized spacial score (nSPS) is 14.8. The molecule has 39 heavy (non-hydrogen) atoms. The fourth-order valence-electron chi connectivity index (χ4n) is 5.04. The van der Waals surface area contributed by atoms with E-state index >= 15 is 0 Å². The minimum atomic E-state index is -0.392. The molecule has 1 aliphatic rings. The van der Waals surface area contributed by atoms with Crippen molar-refractivity contribution in [1.29, 1.82) is 0 Å². The van der Waals surface area contributed by atoms with Crippen LogP contribution in [0.2, 0.25) is 0 Å². The summed E-state index contributed by atoms with van der Waals surface area (Å²) in [6, 6.07) is 27.0. The highest BCUT2D eigenvalue weighted by Gasteiger charge is 2.31. The molecule has 1 atom stereocenters. The number of hydrogen-bond acceptors (Lipinski definition) is 5. The Kier molecular flexibility index (Phi) is 9.69. The summed E-state index contributed by atoms with van der Waals surface area (Å²) in [5.41, 5.74) is 14.4. The Morgan fingerprint density at radius 1 is 0.974 bits per heavy atom. The third kappa shape index (κ3) is 7.67. The number of amides is 1. The van der Waals surface area contributed by atoms with Crippen molar-refractivity contribution in [3.8, 4) is 0 Å². The zero-order valence-electron chi connectivity index (χ0n) is 22.4. The van der Waals surface area contributed by atoms with Crippen molar-refractivity contribution in [3.05, 3.63) is 96.1 Å². The van der Waals surface area contributed by atoms with Crippen LogP contribution in [0.3, 0.4) is 0 Å². The molecule has 3 aromatic carbocycles. The number of benzene rings is 3. The van der Waals surface area contributed by atoms with Gasteiger partial charge in [0, 0.05) is 37.8 Å². The van der Waals surface area contributed by atoms with E-state index in [-0.39, 0.29) is 30.5 Å². The Morgan fingerprint density at radius 2 is 1.64 bits per heavy atom. The van der Waals surface area contributed by atoms with Gasteiger partial charge < -0.3 is 26.0 Å². The Hall–Kier alpha value is -4.17. The van der Waals surface area contributed by atoms with Crippen molar-refractivity contribution >= 4 is 29.2 Å². The molecule has 8 nitrogen and oxygen atoms in total. The zero-order valence-corrected chi connectivity index (χ0v) is 22.4. The molecule has 1 unspecified atom stereocenters. The molecule has 1 aliphatic heterocycles. The Balaban J connectivity index is 1.44. The monoisotopic (exact) mass is 527 g/mol. The number of ether oxygens (including phenoxy) is 1. The van der Waals surface area contributed by atoms with Crippen LogP contribution in [0.25, 0.3) is 0 Å². The van der Waals surface area contributed by atoms with Crippen molar-refractivity contribution in [1.82, 2.24) is 4.90 Å². The van der Waals surface area contributed by atoms with E-state index < -0.39 is 5.92 Å². The lowest BCUT2D eigenvalue weighted by atomic mass is 9.96. The van der Waals surface area contributed by atoms with E-state index in [0.717, 1.165) is 42.7 Å². The van der Waals surface area contributed by atoms with Crippen LogP contribution in [0.15, 0.2) is 89.9 Å². The van der Waals surface area contributed by atoms with Crippen molar-refractivity contribution in [2.75, 3.05) is 24.5 Å². The molecule has 1 amide bonds. The van der Waals surface area contributed by atoms with Crippen molar-refractivity contribution in [3.63, 3.8) is 0 Å². The number of anilines is 1. The van der Waals surface area contributed by atoms with E-state index in [1.54, 1.807) is 6.07 Å². The third-order valence-corrected chi connectivity index (χ3v) is 7.01. The molecular weight excluding hydrogens is 490 g/mol. The molecule has 1 saturated heterocycles. The number of carbonyl (C=O) groups excluding carboxylic acids is 2. The summed E-state index contributed by atoms with van der Waals surface area (Å²) in [6.07, 6.45) is 1.98. The van der Waals surface area contributed by atoms with Crippen LogP contribution >= 0.6 is 0 Å². The van der Waals surface area contributed by atoms with Gasteiger partial charge in [-0.3, -0.25) is 9.59 Å². The van der Waals surface area contributed by atoms with Crippen molar-refractivity contribution < 1.29 is 14.3 Å². The molecule has 0 bridgehead atoms. The van der Waals surface area contributed by atoms with Crippen LogP contribution in [0.4, 0.5) is 11.4 Å². The van der Waals surface area contributed by atoms with Crippen LogP contribution < -0.4 is 16.4 Å². The number of aliphatic imine (C=N–C) groups is 1. The average Bonchev–Trinajstić information content (AvgIpc) is 2.96. The fraction of sp³-hybridized carbons (Fsp3) is 0.323. The van der Waals surface area contributed by atoms with Gasteiger partial charge in [0.1, 0.15) is 6.61 Å². The lowest BCUT2D eigenvalue weighted by Gasteiger charge is -2.39. The molecule has 0 spiro atoms. The van der Waals surface area contributed by atoms with Gasteiger partial charge in [0.2, 0.25) is 5.91 Å². The second-order valence-corrected chi connectivity index (χ2v) is 9.76. The number of nitrogens with two attached hydrogens (primary N) is 2. The predicted octanol–water partition coefficient (Wildman–Crippen LogP) is 4.33. The van der Waals surface area contributed by atoms with E-state index in [4.69, 9.17) is 16.2 Å². The van der Waals surface area contributed by atoms with E-state index in [2.05, 4.69) is 9.89 Å². The molecule has 0 radical (unpaired) electrons. The van der Waals surface area contributed by atoms with Gasteiger partial charge in [-0.1, -0.05) is 73.7 Å². The molecule has 0 saturated carbocycles. The molecule has 0 aliphatic carbocycles. The SMILES string of the molecule is CCC(=O)N(c1cccc(N=C(N)N)c1)C1CCN(CC(C(=O)OCc2ccccc2)c2ccccc2)CC1. The van der Waals surface area contributed by atoms with Crippen LogP contribution in [0.5, 0.6) is 0 Å². The molecule has 3 aromatic rings. The van der Waals surface area contributed by atoms with Crippen LogP contribution in [0.1, 0.15) is 43.2 Å². The molecule has 4 N–H and O–H groups in total. The van der Waals surface area contributed by atoms with Gasteiger partial charge in [-0.05, 0) is 42.2 Å². The molecular formula is C31H37N5O3. The summed E-state index contributed by atoms with van der Waals surface area (Å²) in [6.45, 7) is 4.21. The average molecular weight is 528 g/mol. The summed E-state index contributed by atoms with van der Waals surface area (Å²) < 4.78 is 5.74. The maximum Gasteiger partial charge on any atom is 0.315 e. The van der Waals surface area contributed by atoms with Gasteiger partial charge >= 0.3 is 5.97 Å². The summed E-state index contributed by atoms with van der Waals surface area (Å²) >= 11 is 0. The minimum absolute atomic E-state index is 0.0240. The Labute approximate surface area is 230 Å². The van der Waals surface area contributed by atoms with E-state index in [1.165, 1.54) is 0 Å². The number of likely N-dealkylation sites (tertiary alicyclic amines) is 1. The van der Waals surface area contributed by atoms with Gasteiger partial charge in [-0.15, -0.1) is 0 Å². The fourth-order valence-corrected chi connectivity index (χ4v) is 5.04. The predicted molar refractivity (Wildman–Crippen MR) is 155 cm³/mol. The number of carbonyl (C=O) groups is 2. The van der Waals surface area contributed by atoms with Crippen LogP contribution in [-0.2, 0) is 20.9 Å². The number of rotatable bonds is 10. The second-order valence-electron chi connectivity index (χ2n) is 9.76. The quantitative estimate of drug-likeness (QED) is 0.231. The zero-order chi connectivity index (χ0) is 27.6. The Bertz CT molecular complexity index is 1250. The van der Waals surface area contributed by atoms with Crippen LogP contribution in [-0.4, -0.2) is 48.4 Å². The third-order valence-electron chi connectivity index (χ3n) is 7.01. The van der Waals surface area contributed by atoms with Crippen molar-refractivity contribution in [2.45, 2.75) is 44.8 Å². The summed E-state index contributed by atoms with van der Waals surface area (Å²) in [7, 11) is 0. The van der Waals surface area contributed by atoms with Gasteiger partial charge in [0.05, 0.1) is 11.6 Å². The van der Waals surface area contributed by atoms with E-state index in [0.29, 0.717) is 18.7 Å². The standard InChI is InChI=1S/C31H37N5O3/c1-2-29(37)36(27-15-9-14-25(20-27)34-31(32)33)26-16-18-35(19-17-26)21-28(24-12-7-4-8-13-24)30(38)39-22-23-10-5-3-6-11-23/h3-15,20,26,28H,2,16-19,21-22H2,1H3,(H4,32,33,34). The first kappa shape index (κ1) is 27.9. The van der Waals surface area contributed by atoms with Crippen molar-refractivity contribution in [2.24, 2.45) is 16.5 Å². The van der Waals surface area contributed by atoms with Gasteiger partial charge in [0.15, 0.2) is 5.96 Å². The highest BCUT2D eigenvalue weighted by atomic mass is 16.5.